The molecule has 3 aromatic carbocycles. The number of urea groups is 1. The number of benzene rings is 3. The number of aryl methyl sites for hydroxylation is 1. The standard InChI is InChI=1S/C58H67F2N9O6/c1-4-38-7-8-40(30-46(38)69-22-13-47(71)62-55(69)73)53(72)67-23-19-57(20-24-67)15-11-37(12-16-57)33-65-25-27-66(28-26-65)35-58(17-18-58)36-75-54-63-51-44(52(64-54)68-21-6-14-56(3,74)34-68)32-61-50(49(51)60)43-31-41(70)29-39-9-10-45(59)42(5-2)48(39)43/h2,7-10,29-32,37,70,74H,4,6,11-28,33-36H2,1,3H3,(H,62,71,73)/t56-/m1/s1. The van der Waals surface area contributed by atoms with E-state index in [2.05, 4.69) is 31.0 Å². The number of nitrogens with zero attached hydrogens (tertiary/aromatic N) is 8. The number of anilines is 2. The predicted octanol–water partition coefficient (Wildman–Crippen LogP) is 8.06. The van der Waals surface area contributed by atoms with Crippen LogP contribution in [0.4, 0.5) is 25.1 Å². The highest BCUT2D eigenvalue weighted by molar-refractivity contribution is 6.07. The third-order valence-corrected chi connectivity index (χ3v) is 17.4. The molecule has 4 aliphatic heterocycles. The Morgan fingerprint density at radius 3 is 2.39 bits per heavy atom. The summed E-state index contributed by atoms with van der Waals surface area (Å²) >= 11 is 0. The minimum absolute atomic E-state index is 0.000148. The number of nitrogens with one attached hydrogen (secondary N) is 1. The molecular formula is C58H67F2N9O6. The summed E-state index contributed by atoms with van der Waals surface area (Å²) in [5, 5.41) is 25.2. The van der Waals surface area contributed by atoms with E-state index in [0.29, 0.717) is 72.7 Å². The number of piperazine rings is 1. The third-order valence-electron chi connectivity index (χ3n) is 17.4. The molecule has 5 aromatic rings. The van der Waals surface area contributed by atoms with Crippen molar-refractivity contribution in [1.29, 1.82) is 0 Å². The number of likely N-dealkylation sites (tertiary alicyclic amines) is 1. The van der Waals surface area contributed by atoms with Gasteiger partial charge in [-0.3, -0.25) is 24.8 Å². The average molecular weight is 1020 g/mol. The van der Waals surface area contributed by atoms with E-state index in [1.54, 1.807) is 11.8 Å². The Labute approximate surface area is 436 Å². The van der Waals surface area contributed by atoms with Crippen LogP contribution in [0, 0.1) is 40.7 Å². The number of carbonyl (C=O) groups is 3. The first kappa shape index (κ1) is 50.7. The number of rotatable bonds is 12. The number of aliphatic hydroxyl groups is 1. The zero-order chi connectivity index (χ0) is 52.2. The van der Waals surface area contributed by atoms with Crippen LogP contribution in [0.2, 0.25) is 0 Å². The lowest BCUT2D eigenvalue weighted by molar-refractivity contribution is -0.120. The second kappa shape index (κ2) is 20.2. The minimum atomic E-state index is -0.985. The van der Waals surface area contributed by atoms with Gasteiger partial charge < -0.3 is 34.5 Å². The number of piperidine rings is 2. The lowest BCUT2D eigenvalue weighted by Gasteiger charge is -2.47. The topological polar surface area (TPSA) is 168 Å². The number of hydrogen-bond acceptors (Lipinski definition) is 12. The first-order valence-electron chi connectivity index (χ1n) is 27.0. The van der Waals surface area contributed by atoms with Gasteiger partial charge in [0.15, 0.2) is 5.82 Å². The number of hydrogen-bond donors (Lipinski definition) is 3. The number of terminal acetylenes is 1. The van der Waals surface area contributed by atoms with Crippen LogP contribution in [0.5, 0.6) is 11.8 Å². The smallest absolute Gasteiger partial charge is 0.328 e. The number of ether oxygens (including phenoxy) is 1. The second-order valence-corrected chi connectivity index (χ2v) is 22.7. The van der Waals surface area contributed by atoms with E-state index in [4.69, 9.17) is 16.1 Å². The fourth-order valence-corrected chi connectivity index (χ4v) is 12.8. The molecule has 2 saturated carbocycles. The molecule has 3 N–H and O–H groups in total. The summed E-state index contributed by atoms with van der Waals surface area (Å²) in [6.07, 6.45) is 18.3. The largest absolute Gasteiger partial charge is 0.508 e. The molecule has 15 nitrogen and oxygen atoms in total. The van der Waals surface area contributed by atoms with Gasteiger partial charge in [0, 0.05) is 112 Å². The number of β-amino-alcohol motifs (C(OH)–C–C–N with tert-alkyl or cyclic N) is 1. The van der Waals surface area contributed by atoms with Crippen molar-refractivity contribution in [3.63, 3.8) is 0 Å². The quantitative estimate of drug-likeness (QED) is 0.103. The van der Waals surface area contributed by atoms with Crippen molar-refractivity contribution in [2.75, 3.05) is 88.4 Å². The van der Waals surface area contributed by atoms with Crippen molar-refractivity contribution in [2.24, 2.45) is 16.7 Å². The second-order valence-electron chi connectivity index (χ2n) is 22.7. The highest BCUT2D eigenvalue weighted by Crippen LogP contribution is 2.49. The van der Waals surface area contributed by atoms with Crippen LogP contribution in [-0.2, 0) is 11.2 Å². The number of phenols is 1. The molecule has 1 spiro atoms. The number of imide groups is 1. The van der Waals surface area contributed by atoms with E-state index in [9.17, 15) is 24.6 Å². The molecule has 11 rings (SSSR count). The number of aromatic nitrogens is 3. The fourth-order valence-electron chi connectivity index (χ4n) is 12.8. The summed E-state index contributed by atoms with van der Waals surface area (Å²) in [6.45, 7) is 12.7. The Kier molecular flexibility index (Phi) is 13.7. The molecule has 2 aliphatic carbocycles. The molecule has 4 amide bonds. The zero-order valence-corrected chi connectivity index (χ0v) is 43.1. The van der Waals surface area contributed by atoms with Gasteiger partial charge in [0.05, 0.1) is 23.2 Å². The van der Waals surface area contributed by atoms with Crippen molar-refractivity contribution in [3.8, 4) is 35.4 Å². The van der Waals surface area contributed by atoms with Crippen LogP contribution < -0.4 is 19.9 Å². The first-order chi connectivity index (χ1) is 36.1. The molecule has 0 unspecified atom stereocenters. The number of carbonyl (C=O) groups excluding carboxylic acids is 3. The van der Waals surface area contributed by atoms with Crippen LogP contribution >= 0.6 is 0 Å². The van der Waals surface area contributed by atoms with Gasteiger partial charge in [-0.2, -0.15) is 9.97 Å². The van der Waals surface area contributed by atoms with E-state index < -0.39 is 23.3 Å². The SMILES string of the molecule is C#Cc1c(F)ccc2cc(O)cc(-c3ncc4c(N5CCC[C@@](C)(O)C5)nc(OCC5(CN6CCN(CC7CCC8(CC7)CCN(C(=O)c7ccc(CC)c(N9CCC(=O)NC9=O)c7)CC8)CC6)CC5)nc4c3F)c12. The number of halogens is 2. The Bertz CT molecular complexity index is 3090. The molecular weight excluding hydrogens is 957 g/mol. The molecule has 6 aliphatic rings. The van der Waals surface area contributed by atoms with E-state index >= 15 is 8.78 Å². The molecule has 6 fully saturated rings. The zero-order valence-electron chi connectivity index (χ0n) is 43.1. The summed E-state index contributed by atoms with van der Waals surface area (Å²) in [4.78, 5) is 63.0. The lowest BCUT2D eigenvalue weighted by atomic mass is 9.65. The maximum absolute atomic E-state index is 17.1. The van der Waals surface area contributed by atoms with Crippen LogP contribution in [0.3, 0.4) is 0 Å². The highest BCUT2D eigenvalue weighted by atomic mass is 19.1. The molecule has 0 bridgehead atoms. The van der Waals surface area contributed by atoms with Crippen LogP contribution in [0.15, 0.2) is 48.7 Å². The summed E-state index contributed by atoms with van der Waals surface area (Å²) in [6, 6.07) is 10.7. The maximum Gasteiger partial charge on any atom is 0.328 e. The van der Waals surface area contributed by atoms with E-state index in [1.807, 2.05) is 34.9 Å². The number of amides is 4. The molecule has 75 heavy (non-hydrogen) atoms. The van der Waals surface area contributed by atoms with Crippen LogP contribution in [0.1, 0.15) is 106 Å². The molecule has 17 heteroatoms. The first-order valence-corrected chi connectivity index (χ1v) is 27.0. The predicted molar refractivity (Wildman–Crippen MR) is 283 cm³/mol. The molecule has 4 saturated heterocycles. The summed E-state index contributed by atoms with van der Waals surface area (Å²) in [7, 11) is 0. The number of pyridine rings is 1. The number of aromatic hydroxyl groups is 1. The Balaban J connectivity index is 0.696. The van der Waals surface area contributed by atoms with Crippen molar-refractivity contribution in [3.05, 3.63) is 77.0 Å². The highest BCUT2D eigenvalue weighted by Gasteiger charge is 2.46. The van der Waals surface area contributed by atoms with Crippen molar-refractivity contribution >= 4 is 51.0 Å². The minimum Gasteiger partial charge on any atom is -0.508 e. The summed E-state index contributed by atoms with van der Waals surface area (Å²) in [5.41, 5.74) is 1.34. The molecule has 2 aromatic heterocycles. The molecule has 394 valence electrons. The van der Waals surface area contributed by atoms with E-state index in [-0.39, 0.29) is 75.1 Å². The maximum atomic E-state index is 17.1. The Hall–Kier alpha value is -6.48. The summed E-state index contributed by atoms with van der Waals surface area (Å²) in [5.74, 6) is 1.59. The van der Waals surface area contributed by atoms with Crippen molar-refractivity contribution < 1.29 is 38.1 Å². The van der Waals surface area contributed by atoms with Crippen LogP contribution in [-0.4, -0.2) is 142 Å². The summed E-state index contributed by atoms with van der Waals surface area (Å²) < 4.78 is 38.6. The Morgan fingerprint density at radius 2 is 1.68 bits per heavy atom. The van der Waals surface area contributed by atoms with Gasteiger partial charge in [0.2, 0.25) is 5.91 Å². The van der Waals surface area contributed by atoms with Crippen molar-refractivity contribution in [1.82, 2.24) is 35.0 Å². The fraction of sp³-hybridized carbons (Fsp3) is 0.517. The average Bonchev–Trinajstić information content (AvgIpc) is 4.18. The van der Waals surface area contributed by atoms with Gasteiger partial charge >= 0.3 is 12.0 Å². The van der Waals surface area contributed by atoms with E-state index in [1.165, 1.54) is 56.1 Å². The van der Waals surface area contributed by atoms with Gasteiger partial charge in [0.1, 0.15) is 28.6 Å². The molecule has 1 atom stereocenters. The third kappa shape index (κ3) is 10.3. The lowest BCUT2D eigenvalue weighted by Crippen LogP contribution is -2.50. The number of phenolic OH excluding ortho intramolecular Hbond substituents is 1. The molecule has 6 heterocycles. The van der Waals surface area contributed by atoms with Crippen LogP contribution in [0.25, 0.3) is 32.9 Å². The molecule has 0 radical (unpaired) electrons. The monoisotopic (exact) mass is 1020 g/mol. The van der Waals surface area contributed by atoms with Gasteiger partial charge in [-0.25, -0.2) is 13.6 Å². The van der Waals surface area contributed by atoms with Gasteiger partial charge in [-0.1, -0.05) is 25.0 Å². The van der Waals surface area contributed by atoms with Crippen molar-refractivity contribution in [2.45, 2.75) is 96.5 Å². The van der Waals surface area contributed by atoms with E-state index in [0.717, 1.165) is 83.6 Å². The van der Waals surface area contributed by atoms with Gasteiger partial charge in [-0.15, -0.1) is 6.42 Å². The van der Waals surface area contributed by atoms with Gasteiger partial charge in [0.25, 0.3) is 5.91 Å². The Morgan fingerprint density at radius 1 is 0.920 bits per heavy atom. The van der Waals surface area contributed by atoms with Gasteiger partial charge in [-0.05, 0) is 130 Å². The normalized spacial score (nSPS) is 22.4. The number of fused-ring (bicyclic) bond motifs is 2.